The van der Waals surface area contributed by atoms with E-state index in [0.717, 1.165) is 30.6 Å². The van der Waals surface area contributed by atoms with Gasteiger partial charge in [-0.25, -0.2) is 4.39 Å². The third-order valence-corrected chi connectivity index (χ3v) is 4.51. The second-order valence-electron chi connectivity index (χ2n) is 7.50. The van der Waals surface area contributed by atoms with Gasteiger partial charge in [-0.2, -0.15) is 0 Å². The maximum absolute atomic E-state index is 13.0. The third kappa shape index (κ3) is 12.9. The van der Waals surface area contributed by atoms with E-state index in [2.05, 4.69) is 48.5 Å². The van der Waals surface area contributed by atoms with Crippen molar-refractivity contribution >= 4 is 0 Å². The first-order valence-electron chi connectivity index (χ1n) is 8.79. The Balaban J connectivity index is 0. The predicted molar refractivity (Wildman–Crippen MR) is 91.9 cm³/mol. The highest BCUT2D eigenvalue weighted by molar-refractivity contribution is 4.63. The highest BCUT2D eigenvalue weighted by Crippen LogP contribution is 2.21. The first kappa shape index (κ1) is 22.2. The molecule has 0 aromatic heterocycles. The van der Waals surface area contributed by atoms with E-state index in [4.69, 9.17) is 0 Å². The van der Waals surface area contributed by atoms with E-state index in [1.165, 1.54) is 12.8 Å². The lowest BCUT2D eigenvalue weighted by molar-refractivity contribution is 0.210. The van der Waals surface area contributed by atoms with E-state index in [9.17, 15) is 4.39 Å². The van der Waals surface area contributed by atoms with Gasteiger partial charge in [-0.3, -0.25) is 0 Å². The van der Waals surface area contributed by atoms with Crippen molar-refractivity contribution in [2.45, 2.75) is 94.2 Å². The monoisotopic (exact) mass is 288 g/mol. The SMILES string of the molecule is CCC(C)C(C)CC(C)C.CCC(C)CC(F)C(C)C. The molecule has 0 radical (unpaired) electrons. The highest BCUT2D eigenvalue weighted by Gasteiger charge is 2.14. The van der Waals surface area contributed by atoms with Crippen LogP contribution in [0.25, 0.3) is 0 Å². The molecule has 0 fully saturated rings. The molecule has 124 valence electrons. The van der Waals surface area contributed by atoms with E-state index < -0.39 is 6.17 Å². The van der Waals surface area contributed by atoms with Gasteiger partial charge in [0.2, 0.25) is 0 Å². The molecule has 0 rings (SSSR count). The van der Waals surface area contributed by atoms with Crippen LogP contribution in [-0.2, 0) is 0 Å². The number of halogens is 1. The van der Waals surface area contributed by atoms with Crippen LogP contribution >= 0.6 is 0 Å². The molecule has 0 saturated carbocycles. The van der Waals surface area contributed by atoms with Crippen molar-refractivity contribution in [3.63, 3.8) is 0 Å². The molecule has 0 spiro atoms. The van der Waals surface area contributed by atoms with Crippen LogP contribution in [0.4, 0.5) is 4.39 Å². The van der Waals surface area contributed by atoms with Crippen LogP contribution in [0.2, 0.25) is 0 Å². The van der Waals surface area contributed by atoms with Crippen molar-refractivity contribution in [2.75, 3.05) is 0 Å². The van der Waals surface area contributed by atoms with Crippen LogP contribution in [0.15, 0.2) is 0 Å². The van der Waals surface area contributed by atoms with Gasteiger partial charge in [0.1, 0.15) is 6.17 Å². The number of hydrogen-bond donors (Lipinski definition) is 0. The Morgan fingerprint density at radius 2 is 1.20 bits per heavy atom. The van der Waals surface area contributed by atoms with Gasteiger partial charge in [0, 0.05) is 0 Å². The number of alkyl halides is 1. The maximum Gasteiger partial charge on any atom is 0.103 e. The minimum atomic E-state index is -0.602. The zero-order valence-corrected chi connectivity index (χ0v) is 15.7. The molecule has 0 nitrogen and oxygen atoms in total. The zero-order valence-electron chi connectivity index (χ0n) is 15.7. The first-order chi connectivity index (χ1) is 9.15. The molecule has 0 aromatic carbocycles. The molecule has 0 amide bonds. The van der Waals surface area contributed by atoms with Crippen LogP contribution in [0.5, 0.6) is 0 Å². The van der Waals surface area contributed by atoms with Gasteiger partial charge in [-0.15, -0.1) is 0 Å². The molecule has 0 heterocycles. The van der Waals surface area contributed by atoms with Gasteiger partial charge in [0.25, 0.3) is 0 Å². The smallest absolute Gasteiger partial charge is 0.103 e. The third-order valence-electron chi connectivity index (χ3n) is 4.51. The summed E-state index contributed by atoms with van der Waals surface area (Å²) < 4.78 is 13.0. The summed E-state index contributed by atoms with van der Waals surface area (Å²) in [4.78, 5) is 0. The lowest BCUT2D eigenvalue weighted by Gasteiger charge is -2.19. The summed E-state index contributed by atoms with van der Waals surface area (Å²) in [5.41, 5.74) is 0. The topological polar surface area (TPSA) is 0 Å². The second-order valence-corrected chi connectivity index (χ2v) is 7.50. The van der Waals surface area contributed by atoms with Gasteiger partial charge in [-0.1, -0.05) is 75.2 Å². The summed E-state index contributed by atoms with van der Waals surface area (Å²) in [6.45, 7) is 19.7. The minimum Gasteiger partial charge on any atom is -0.247 e. The summed E-state index contributed by atoms with van der Waals surface area (Å²) in [6, 6.07) is 0. The Labute approximate surface area is 128 Å². The normalized spacial score (nSPS) is 17.4. The summed E-state index contributed by atoms with van der Waals surface area (Å²) in [6.07, 6.45) is 3.93. The van der Waals surface area contributed by atoms with E-state index >= 15 is 0 Å². The summed E-state index contributed by atoms with van der Waals surface area (Å²) in [5.74, 6) is 3.41. The van der Waals surface area contributed by atoms with E-state index in [-0.39, 0.29) is 5.92 Å². The van der Waals surface area contributed by atoms with Crippen molar-refractivity contribution in [1.29, 1.82) is 0 Å². The predicted octanol–water partition coefficient (Wildman–Crippen LogP) is 7.13. The average molecular weight is 289 g/mol. The zero-order chi connectivity index (χ0) is 16.3. The Kier molecular flexibility index (Phi) is 14.1. The summed E-state index contributed by atoms with van der Waals surface area (Å²) >= 11 is 0. The molecule has 0 aromatic rings. The molecule has 0 aliphatic rings. The molecule has 0 saturated heterocycles. The molecule has 0 aliphatic carbocycles. The average Bonchev–Trinajstić information content (AvgIpc) is 2.37. The van der Waals surface area contributed by atoms with Crippen molar-refractivity contribution in [3.05, 3.63) is 0 Å². The molecule has 0 aliphatic heterocycles. The molecule has 4 unspecified atom stereocenters. The van der Waals surface area contributed by atoms with Gasteiger partial charge in [-0.05, 0) is 42.4 Å². The first-order valence-corrected chi connectivity index (χ1v) is 8.79. The molecule has 0 N–H and O–H groups in total. The fourth-order valence-corrected chi connectivity index (χ4v) is 2.20. The number of hydrogen-bond acceptors (Lipinski definition) is 0. The molecule has 4 atom stereocenters. The lowest BCUT2D eigenvalue weighted by Crippen LogP contribution is -2.12. The van der Waals surface area contributed by atoms with E-state index in [1.807, 2.05) is 13.8 Å². The fourth-order valence-electron chi connectivity index (χ4n) is 2.20. The quantitative estimate of drug-likeness (QED) is 0.445. The molecular formula is C19H41F. The van der Waals surface area contributed by atoms with E-state index in [0.29, 0.717) is 5.92 Å². The summed E-state index contributed by atoms with van der Waals surface area (Å²) in [7, 11) is 0. The number of rotatable bonds is 8. The van der Waals surface area contributed by atoms with Crippen LogP contribution in [0.1, 0.15) is 88.0 Å². The molecular weight excluding hydrogens is 247 g/mol. The Hall–Kier alpha value is -0.0700. The standard InChI is InChI=1S/C10H22.C9H19F/c1-6-9(4)10(5)7-8(2)3;1-5-8(4)6-9(10)7(2)3/h8-10H,6-7H2,1-5H3;7-9H,5-6H2,1-4H3. The van der Waals surface area contributed by atoms with Crippen molar-refractivity contribution in [3.8, 4) is 0 Å². The Morgan fingerprint density at radius 1 is 0.700 bits per heavy atom. The van der Waals surface area contributed by atoms with Gasteiger partial charge in [0.15, 0.2) is 0 Å². The van der Waals surface area contributed by atoms with Crippen molar-refractivity contribution in [1.82, 2.24) is 0 Å². The fraction of sp³-hybridized carbons (Fsp3) is 1.00. The molecule has 20 heavy (non-hydrogen) atoms. The van der Waals surface area contributed by atoms with E-state index in [1.54, 1.807) is 0 Å². The van der Waals surface area contributed by atoms with Crippen molar-refractivity contribution < 1.29 is 4.39 Å². The van der Waals surface area contributed by atoms with Gasteiger partial charge in [0.05, 0.1) is 0 Å². The highest BCUT2D eigenvalue weighted by atomic mass is 19.1. The Bertz CT molecular complexity index is 198. The molecule has 1 heteroatoms. The second kappa shape index (κ2) is 12.7. The Morgan fingerprint density at radius 3 is 1.50 bits per heavy atom. The van der Waals surface area contributed by atoms with Crippen LogP contribution in [-0.4, -0.2) is 6.17 Å². The maximum atomic E-state index is 13.0. The minimum absolute atomic E-state index is 0.189. The largest absolute Gasteiger partial charge is 0.247 e. The van der Waals surface area contributed by atoms with Gasteiger partial charge >= 0.3 is 0 Å². The summed E-state index contributed by atoms with van der Waals surface area (Å²) in [5, 5.41) is 0. The van der Waals surface area contributed by atoms with Gasteiger partial charge < -0.3 is 0 Å². The lowest BCUT2D eigenvalue weighted by atomic mass is 9.87. The van der Waals surface area contributed by atoms with Crippen molar-refractivity contribution in [2.24, 2.45) is 29.6 Å². The molecule has 0 bridgehead atoms. The van der Waals surface area contributed by atoms with Crippen LogP contribution in [0.3, 0.4) is 0 Å². The van der Waals surface area contributed by atoms with Crippen LogP contribution < -0.4 is 0 Å². The van der Waals surface area contributed by atoms with Crippen LogP contribution in [0, 0.1) is 29.6 Å².